The zero-order valence-electron chi connectivity index (χ0n) is 17.7. The number of nitrogens with two attached hydrogens (primary N) is 1. The van der Waals surface area contributed by atoms with Gasteiger partial charge >= 0.3 is 0 Å². The molecule has 3 aliphatic rings. The van der Waals surface area contributed by atoms with Crippen molar-refractivity contribution in [3.63, 3.8) is 0 Å². The van der Waals surface area contributed by atoms with E-state index in [1.165, 1.54) is 24.6 Å². The summed E-state index contributed by atoms with van der Waals surface area (Å²) in [5, 5.41) is 0. The molecule has 4 heterocycles. The van der Waals surface area contributed by atoms with Gasteiger partial charge in [0.25, 0.3) is 5.56 Å². The van der Waals surface area contributed by atoms with E-state index in [0.29, 0.717) is 28.0 Å². The topological polar surface area (TPSA) is 86.3 Å². The second-order valence-electron chi connectivity index (χ2n) is 8.98. The number of hydrogen-bond donors (Lipinski definition) is 1. The molecular formula is C22H29N5O2S. The van der Waals surface area contributed by atoms with E-state index in [-0.39, 0.29) is 5.56 Å². The lowest BCUT2D eigenvalue weighted by Crippen LogP contribution is -2.43. The van der Waals surface area contributed by atoms with Crippen molar-refractivity contribution < 1.29 is 4.74 Å². The lowest BCUT2D eigenvalue weighted by molar-refractivity contribution is 0.133. The van der Waals surface area contributed by atoms with Crippen molar-refractivity contribution >= 4 is 23.5 Å². The lowest BCUT2D eigenvalue weighted by atomic mass is 9.78. The normalized spacial score (nSPS) is 20.8. The molecule has 2 aromatic heterocycles. The van der Waals surface area contributed by atoms with Crippen LogP contribution in [0.5, 0.6) is 0 Å². The molecule has 30 heavy (non-hydrogen) atoms. The highest BCUT2D eigenvalue weighted by Crippen LogP contribution is 2.43. The van der Waals surface area contributed by atoms with Crippen LogP contribution in [-0.4, -0.2) is 40.8 Å². The molecular weight excluding hydrogens is 398 g/mol. The molecule has 2 aromatic rings. The first kappa shape index (κ1) is 19.9. The zero-order chi connectivity index (χ0) is 20.9. The molecule has 1 spiro atoms. The Bertz CT molecular complexity index is 1020. The van der Waals surface area contributed by atoms with Crippen LogP contribution in [0.4, 0.5) is 11.8 Å². The number of nitrogens with zero attached hydrogens (tertiary/aromatic N) is 4. The van der Waals surface area contributed by atoms with Gasteiger partial charge in [-0.3, -0.25) is 14.3 Å². The van der Waals surface area contributed by atoms with Crippen LogP contribution >= 0.6 is 11.8 Å². The van der Waals surface area contributed by atoms with E-state index in [4.69, 9.17) is 10.5 Å². The number of anilines is 2. The summed E-state index contributed by atoms with van der Waals surface area (Å²) in [5.74, 6) is 1.55. The van der Waals surface area contributed by atoms with Crippen LogP contribution in [-0.2, 0) is 11.8 Å². The van der Waals surface area contributed by atoms with Crippen LogP contribution in [0, 0.1) is 12.3 Å². The van der Waals surface area contributed by atoms with E-state index in [1.54, 1.807) is 11.6 Å². The van der Waals surface area contributed by atoms with Gasteiger partial charge in [-0.25, -0.2) is 0 Å². The zero-order valence-corrected chi connectivity index (χ0v) is 18.5. The number of nitrogen functional groups attached to an aromatic ring is 1. The van der Waals surface area contributed by atoms with Crippen molar-refractivity contribution in [2.24, 2.45) is 12.5 Å². The number of aromatic nitrogens is 3. The van der Waals surface area contributed by atoms with Gasteiger partial charge in [0.1, 0.15) is 10.7 Å². The molecule has 7 nitrogen and oxygen atoms in total. The lowest BCUT2D eigenvalue weighted by Gasteiger charge is -2.39. The molecule has 1 saturated carbocycles. The Morgan fingerprint density at radius 3 is 2.70 bits per heavy atom. The molecule has 0 radical (unpaired) electrons. The average molecular weight is 428 g/mol. The highest BCUT2D eigenvalue weighted by molar-refractivity contribution is 7.99. The number of rotatable bonds is 4. The first-order valence-electron chi connectivity index (χ1n) is 10.8. The van der Waals surface area contributed by atoms with E-state index in [0.717, 1.165) is 61.7 Å². The molecule has 0 atom stereocenters. The van der Waals surface area contributed by atoms with Gasteiger partial charge in [-0.1, -0.05) is 11.8 Å². The van der Waals surface area contributed by atoms with Gasteiger partial charge in [-0.15, -0.1) is 0 Å². The maximum Gasteiger partial charge on any atom is 0.270 e. The fraction of sp³-hybridized carbons (Fsp3) is 0.591. The third-order valence-electron chi connectivity index (χ3n) is 6.91. The Hall–Kier alpha value is -2.06. The molecule has 2 N–H and O–H groups in total. The molecule has 0 aromatic carbocycles. The standard InChI is InChI=1S/C22H29N5O2S/c1-14-16(5-9-24-17(14)15-3-4-15)30-18-19(23)25-21(26(2)20(18)28)27-10-6-22(7-11-27)8-12-29-13-22/h5,9,15H,3-4,6-8,10-13,23H2,1-2H3. The smallest absolute Gasteiger partial charge is 0.270 e. The Kier molecular flexibility index (Phi) is 5.01. The minimum atomic E-state index is -0.0869. The predicted molar refractivity (Wildman–Crippen MR) is 118 cm³/mol. The monoisotopic (exact) mass is 427 g/mol. The summed E-state index contributed by atoms with van der Waals surface area (Å²) < 4.78 is 7.29. The summed E-state index contributed by atoms with van der Waals surface area (Å²) in [6.45, 7) is 5.57. The second-order valence-corrected chi connectivity index (χ2v) is 10.0. The van der Waals surface area contributed by atoms with Gasteiger partial charge in [0.2, 0.25) is 5.95 Å². The van der Waals surface area contributed by atoms with Gasteiger partial charge in [-0.05, 0) is 56.1 Å². The van der Waals surface area contributed by atoms with Crippen LogP contribution in [0.1, 0.15) is 49.3 Å². The van der Waals surface area contributed by atoms with Crippen LogP contribution in [0.3, 0.4) is 0 Å². The van der Waals surface area contributed by atoms with Crippen molar-refractivity contribution in [3.8, 4) is 0 Å². The van der Waals surface area contributed by atoms with Crippen LogP contribution in [0.25, 0.3) is 0 Å². The summed E-state index contributed by atoms with van der Waals surface area (Å²) in [6, 6.07) is 1.96. The maximum absolute atomic E-state index is 13.2. The first-order valence-corrected chi connectivity index (χ1v) is 11.6. The molecule has 3 fully saturated rings. The molecule has 2 saturated heterocycles. The number of ether oxygens (including phenoxy) is 1. The van der Waals surface area contributed by atoms with Crippen molar-refractivity contribution in [1.82, 2.24) is 14.5 Å². The fourth-order valence-corrected chi connectivity index (χ4v) is 5.69. The molecule has 0 unspecified atom stereocenters. The van der Waals surface area contributed by atoms with Gasteiger partial charge in [-0.2, -0.15) is 4.98 Å². The van der Waals surface area contributed by atoms with Crippen LogP contribution in [0.2, 0.25) is 0 Å². The Balaban J connectivity index is 1.40. The van der Waals surface area contributed by atoms with E-state index in [9.17, 15) is 4.79 Å². The van der Waals surface area contributed by atoms with E-state index >= 15 is 0 Å². The number of hydrogen-bond acceptors (Lipinski definition) is 7. The van der Waals surface area contributed by atoms with Crippen LogP contribution in [0.15, 0.2) is 26.8 Å². The Labute approximate surface area is 181 Å². The largest absolute Gasteiger partial charge is 0.382 e. The highest BCUT2D eigenvalue weighted by atomic mass is 32.2. The molecule has 1 aliphatic carbocycles. The summed E-state index contributed by atoms with van der Waals surface area (Å²) in [6.07, 6.45) is 7.51. The Morgan fingerprint density at radius 1 is 1.27 bits per heavy atom. The van der Waals surface area contributed by atoms with E-state index < -0.39 is 0 Å². The van der Waals surface area contributed by atoms with E-state index in [1.807, 2.05) is 12.3 Å². The molecule has 0 bridgehead atoms. The van der Waals surface area contributed by atoms with Crippen molar-refractivity contribution in [2.45, 2.75) is 54.7 Å². The minimum Gasteiger partial charge on any atom is -0.382 e. The second kappa shape index (κ2) is 7.57. The van der Waals surface area contributed by atoms with Gasteiger partial charge in [0, 0.05) is 49.4 Å². The molecule has 8 heteroatoms. The molecule has 2 aliphatic heterocycles. The maximum atomic E-state index is 13.2. The van der Waals surface area contributed by atoms with Crippen molar-refractivity contribution in [1.29, 1.82) is 0 Å². The summed E-state index contributed by atoms with van der Waals surface area (Å²) in [7, 11) is 1.80. The minimum absolute atomic E-state index is 0.0869. The van der Waals surface area contributed by atoms with Gasteiger partial charge in [0.15, 0.2) is 0 Å². The fourth-order valence-electron chi connectivity index (χ4n) is 4.71. The number of piperidine rings is 1. The molecule has 160 valence electrons. The summed E-state index contributed by atoms with van der Waals surface area (Å²) in [4.78, 5) is 26.1. The quantitative estimate of drug-likeness (QED) is 0.802. The van der Waals surface area contributed by atoms with E-state index in [2.05, 4.69) is 21.8 Å². The van der Waals surface area contributed by atoms with Crippen LogP contribution < -0.4 is 16.2 Å². The summed E-state index contributed by atoms with van der Waals surface area (Å²) >= 11 is 1.42. The molecule has 0 amide bonds. The SMILES string of the molecule is Cc1c(Sc2c(N)nc(N3CCC4(CCOC4)CC3)n(C)c2=O)ccnc1C1CC1. The summed E-state index contributed by atoms with van der Waals surface area (Å²) in [5.41, 5.74) is 8.84. The third kappa shape index (κ3) is 3.50. The third-order valence-corrected chi connectivity index (χ3v) is 8.16. The predicted octanol–water partition coefficient (Wildman–Crippen LogP) is 3.10. The highest BCUT2D eigenvalue weighted by Gasteiger charge is 2.39. The van der Waals surface area contributed by atoms with Gasteiger partial charge < -0.3 is 15.4 Å². The molecule has 5 rings (SSSR count). The first-order chi connectivity index (χ1) is 14.5. The van der Waals surface area contributed by atoms with Gasteiger partial charge in [0.05, 0.1) is 6.61 Å². The van der Waals surface area contributed by atoms with Crippen molar-refractivity contribution in [2.75, 3.05) is 36.9 Å². The Morgan fingerprint density at radius 2 is 2.03 bits per heavy atom. The number of pyridine rings is 1. The average Bonchev–Trinajstić information content (AvgIpc) is 3.50. The van der Waals surface area contributed by atoms with Crippen molar-refractivity contribution in [3.05, 3.63) is 33.9 Å².